The number of guanidine groups is 1. The number of likely N-dealkylation sites (tertiary alicyclic amines) is 1. The number of hydrogen-bond donors (Lipinski definition) is 2. The minimum Gasteiger partial charge on any atom is -0.454 e. The molecule has 0 aromatic heterocycles. The molecule has 1 saturated heterocycles. The Morgan fingerprint density at radius 2 is 2.08 bits per heavy atom. The van der Waals surface area contributed by atoms with Crippen LogP contribution in [0.4, 0.5) is 13.2 Å². The third kappa shape index (κ3) is 5.17. The van der Waals surface area contributed by atoms with Gasteiger partial charge in [0.25, 0.3) is 0 Å². The number of aliphatic imine (C=N–C) groups is 1. The highest BCUT2D eigenvalue weighted by Crippen LogP contribution is 2.32. The van der Waals surface area contributed by atoms with Gasteiger partial charge in [0, 0.05) is 26.7 Å². The first kappa shape index (κ1) is 18.6. The second kappa shape index (κ2) is 8.03. The Kier molecular flexibility index (Phi) is 5.75. The molecule has 0 bridgehead atoms. The van der Waals surface area contributed by atoms with E-state index in [0.717, 1.165) is 23.5 Å². The molecule has 1 unspecified atom stereocenters. The van der Waals surface area contributed by atoms with Gasteiger partial charge in [-0.05, 0) is 36.6 Å². The van der Waals surface area contributed by atoms with Crippen LogP contribution in [-0.4, -0.2) is 57.1 Å². The molecule has 2 heterocycles. The van der Waals surface area contributed by atoms with Crippen LogP contribution in [0.2, 0.25) is 0 Å². The number of nitrogens with zero attached hydrogens (tertiary/aromatic N) is 2. The predicted molar refractivity (Wildman–Crippen MR) is 91.4 cm³/mol. The average molecular weight is 372 g/mol. The SMILES string of the molecule is CN=C(NCc1ccc2c(c1)OCO2)NCC1CCN(CC(F)(F)F)C1. The lowest BCUT2D eigenvalue weighted by Gasteiger charge is -2.18. The van der Waals surface area contributed by atoms with Gasteiger partial charge < -0.3 is 20.1 Å². The molecule has 26 heavy (non-hydrogen) atoms. The number of ether oxygens (including phenoxy) is 2. The summed E-state index contributed by atoms with van der Waals surface area (Å²) in [5.74, 6) is 2.27. The summed E-state index contributed by atoms with van der Waals surface area (Å²) in [4.78, 5) is 5.61. The summed E-state index contributed by atoms with van der Waals surface area (Å²) in [7, 11) is 1.67. The van der Waals surface area contributed by atoms with Crippen LogP contribution >= 0.6 is 0 Å². The van der Waals surface area contributed by atoms with Gasteiger partial charge in [-0.3, -0.25) is 9.89 Å². The number of alkyl halides is 3. The molecule has 0 amide bonds. The zero-order valence-electron chi connectivity index (χ0n) is 14.6. The molecule has 0 spiro atoms. The number of hydrogen-bond acceptors (Lipinski definition) is 4. The topological polar surface area (TPSA) is 58.1 Å². The fraction of sp³-hybridized carbons (Fsp3) is 0.588. The molecule has 6 nitrogen and oxygen atoms in total. The van der Waals surface area contributed by atoms with Crippen LogP contribution in [0.15, 0.2) is 23.2 Å². The van der Waals surface area contributed by atoms with Crippen molar-refractivity contribution in [1.82, 2.24) is 15.5 Å². The third-order valence-electron chi connectivity index (χ3n) is 4.45. The fourth-order valence-corrected chi connectivity index (χ4v) is 3.17. The van der Waals surface area contributed by atoms with Crippen molar-refractivity contribution in [3.63, 3.8) is 0 Å². The van der Waals surface area contributed by atoms with Crippen LogP contribution in [-0.2, 0) is 6.54 Å². The maximum atomic E-state index is 12.4. The molecule has 144 valence electrons. The van der Waals surface area contributed by atoms with Gasteiger partial charge in [-0.15, -0.1) is 0 Å². The fourth-order valence-electron chi connectivity index (χ4n) is 3.17. The van der Waals surface area contributed by atoms with E-state index >= 15 is 0 Å². The van der Waals surface area contributed by atoms with Crippen LogP contribution in [0.5, 0.6) is 11.5 Å². The zero-order valence-corrected chi connectivity index (χ0v) is 14.6. The Labute approximate surface area is 150 Å². The summed E-state index contributed by atoms with van der Waals surface area (Å²) in [5.41, 5.74) is 1.02. The number of fused-ring (bicyclic) bond motifs is 1. The van der Waals surface area contributed by atoms with Crippen molar-refractivity contribution in [2.75, 3.05) is 40.0 Å². The van der Waals surface area contributed by atoms with E-state index in [0.29, 0.717) is 32.1 Å². The van der Waals surface area contributed by atoms with Gasteiger partial charge in [0.05, 0.1) is 6.54 Å². The van der Waals surface area contributed by atoms with Crippen molar-refractivity contribution in [3.05, 3.63) is 23.8 Å². The molecule has 1 fully saturated rings. The molecular weight excluding hydrogens is 349 g/mol. The van der Waals surface area contributed by atoms with E-state index < -0.39 is 12.7 Å². The van der Waals surface area contributed by atoms with E-state index in [1.165, 1.54) is 4.90 Å². The smallest absolute Gasteiger partial charge is 0.401 e. The lowest BCUT2D eigenvalue weighted by Crippen LogP contribution is -2.40. The molecule has 0 aliphatic carbocycles. The van der Waals surface area contributed by atoms with E-state index in [1.807, 2.05) is 18.2 Å². The zero-order chi connectivity index (χ0) is 18.6. The predicted octanol–water partition coefficient (Wildman–Crippen LogP) is 1.96. The van der Waals surface area contributed by atoms with Crippen molar-refractivity contribution < 1.29 is 22.6 Å². The van der Waals surface area contributed by atoms with E-state index in [4.69, 9.17) is 9.47 Å². The number of halogens is 3. The maximum absolute atomic E-state index is 12.4. The van der Waals surface area contributed by atoms with Gasteiger partial charge in [0.1, 0.15) is 0 Å². The normalized spacial score (nSPS) is 20.5. The maximum Gasteiger partial charge on any atom is 0.401 e. The van der Waals surface area contributed by atoms with Gasteiger partial charge in [-0.2, -0.15) is 13.2 Å². The Hall–Kier alpha value is -2.16. The Morgan fingerprint density at radius 3 is 2.85 bits per heavy atom. The molecule has 0 saturated carbocycles. The first-order chi connectivity index (χ1) is 12.4. The summed E-state index contributed by atoms with van der Waals surface area (Å²) in [6.07, 6.45) is -3.38. The van der Waals surface area contributed by atoms with Crippen molar-refractivity contribution in [3.8, 4) is 11.5 Å². The van der Waals surface area contributed by atoms with Crippen LogP contribution in [0.25, 0.3) is 0 Å². The first-order valence-electron chi connectivity index (χ1n) is 8.55. The minimum atomic E-state index is -4.13. The molecule has 1 aromatic carbocycles. The highest BCUT2D eigenvalue weighted by atomic mass is 19.4. The molecule has 2 N–H and O–H groups in total. The van der Waals surface area contributed by atoms with Crippen molar-refractivity contribution >= 4 is 5.96 Å². The lowest BCUT2D eigenvalue weighted by atomic mass is 10.1. The second-order valence-electron chi connectivity index (χ2n) is 6.50. The van der Waals surface area contributed by atoms with Gasteiger partial charge in [-0.1, -0.05) is 6.07 Å². The van der Waals surface area contributed by atoms with Crippen molar-refractivity contribution in [2.24, 2.45) is 10.9 Å². The lowest BCUT2D eigenvalue weighted by molar-refractivity contribution is -0.143. The van der Waals surface area contributed by atoms with Gasteiger partial charge in [0.2, 0.25) is 6.79 Å². The molecule has 0 radical (unpaired) electrons. The van der Waals surface area contributed by atoms with E-state index in [1.54, 1.807) is 7.05 Å². The second-order valence-corrected chi connectivity index (χ2v) is 6.50. The minimum absolute atomic E-state index is 0.182. The standard InChI is InChI=1S/C17H23F3N4O2/c1-21-16(22-7-12-2-3-14-15(6-12)26-11-25-14)23-8-13-4-5-24(9-13)10-17(18,19)20/h2-3,6,13H,4-5,7-11H2,1H3,(H2,21,22,23). The third-order valence-corrected chi connectivity index (χ3v) is 4.45. The average Bonchev–Trinajstić information content (AvgIpc) is 3.22. The van der Waals surface area contributed by atoms with Gasteiger partial charge >= 0.3 is 6.18 Å². The molecule has 1 aromatic rings. The monoisotopic (exact) mass is 372 g/mol. The first-order valence-corrected chi connectivity index (χ1v) is 8.55. The molecular formula is C17H23F3N4O2. The van der Waals surface area contributed by atoms with Gasteiger partial charge in [0.15, 0.2) is 17.5 Å². The van der Waals surface area contributed by atoms with Crippen LogP contribution in [0.1, 0.15) is 12.0 Å². The number of nitrogens with one attached hydrogen (secondary N) is 2. The van der Waals surface area contributed by atoms with Gasteiger partial charge in [-0.25, -0.2) is 0 Å². The summed E-state index contributed by atoms with van der Waals surface area (Å²) >= 11 is 0. The molecule has 2 aliphatic heterocycles. The van der Waals surface area contributed by atoms with E-state index in [9.17, 15) is 13.2 Å². The summed E-state index contributed by atoms with van der Waals surface area (Å²) in [6.45, 7) is 1.49. The highest BCUT2D eigenvalue weighted by molar-refractivity contribution is 5.79. The van der Waals surface area contributed by atoms with E-state index in [2.05, 4.69) is 15.6 Å². The summed E-state index contributed by atoms with van der Waals surface area (Å²) in [5, 5.41) is 6.39. The Morgan fingerprint density at radius 1 is 1.27 bits per heavy atom. The number of rotatable bonds is 5. The number of benzene rings is 1. The van der Waals surface area contributed by atoms with Crippen molar-refractivity contribution in [2.45, 2.75) is 19.1 Å². The molecule has 2 aliphatic rings. The van der Waals surface area contributed by atoms with E-state index in [-0.39, 0.29) is 12.7 Å². The quantitative estimate of drug-likeness (QED) is 0.611. The Balaban J connectivity index is 1.41. The molecule has 9 heteroatoms. The molecule has 1 atom stereocenters. The van der Waals surface area contributed by atoms with Crippen LogP contribution in [0.3, 0.4) is 0 Å². The highest BCUT2D eigenvalue weighted by Gasteiger charge is 2.34. The van der Waals surface area contributed by atoms with Crippen LogP contribution in [0, 0.1) is 5.92 Å². The summed E-state index contributed by atoms with van der Waals surface area (Å²) in [6, 6.07) is 5.72. The summed E-state index contributed by atoms with van der Waals surface area (Å²) < 4.78 is 48.0. The largest absolute Gasteiger partial charge is 0.454 e. The molecule has 3 rings (SSSR count). The van der Waals surface area contributed by atoms with Crippen LogP contribution < -0.4 is 20.1 Å². The van der Waals surface area contributed by atoms with Crippen molar-refractivity contribution in [1.29, 1.82) is 0 Å². The Bertz CT molecular complexity index is 651.